The molecule has 0 aliphatic rings. The van der Waals surface area contributed by atoms with Crippen molar-refractivity contribution < 1.29 is 29.3 Å². The maximum absolute atomic E-state index is 11.3. The number of benzene rings is 2. The van der Waals surface area contributed by atoms with E-state index in [1.165, 1.54) is 24.3 Å². The zero-order chi connectivity index (χ0) is 20.5. The van der Waals surface area contributed by atoms with E-state index in [2.05, 4.69) is 11.8 Å². The molecule has 0 saturated heterocycles. The fourth-order valence-electron chi connectivity index (χ4n) is 2.66. The van der Waals surface area contributed by atoms with Crippen molar-refractivity contribution in [3.8, 4) is 35.8 Å². The first-order valence-electron chi connectivity index (χ1n) is 8.23. The van der Waals surface area contributed by atoms with E-state index in [-0.39, 0.29) is 37.6 Å². The summed E-state index contributed by atoms with van der Waals surface area (Å²) in [6.45, 7) is 0.359. The molecule has 0 radical (unpaired) electrons. The van der Waals surface area contributed by atoms with Gasteiger partial charge in [-0.25, -0.2) is 9.59 Å². The summed E-state index contributed by atoms with van der Waals surface area (Å²) < 4.78 is 10.8. The average molecular weight is 378 g/mol. The van der Waals surface area contributed by atoms with Crippen molar-refractivity contribution in [3.05, 3.63) is 58.7 Å². The number of terminal acetylenes is 2. The van der Waals surface area contributed by atoms with Crippen LogP contribution in [0, 0.1) is 24.7 Å². The maximum atomic E-state index is 11.3. The Morgan fingerprint density at radius 1 is 0.786 bits per heavy atom. The first-order chi connectivity index (χ1) is 13.5. The maximum Gasteiger partial charge on any atom is 0.335 e. The summed E-state index contributed by atoms with van der Waals surface area (Å²) in [4.78, 5) is 22.6. The van der Waals surface area contributed by atoms with Gasteiger partial charge in [-0.15, -0.1) is 12.8 Å². The lowest BCUT2D eigenvalue weighted by Gasteiger charge is -2.15. The second-order valence-electron chi connectivity index (χ2n) is 5.75. The number of rotatable bonds is 9. The van der Waals surface area contributed by atoms with Crippen molar-refractivity contribution in [3.63, 3.8) is 0 Å². The SMILES string of the molecule is C#CCOCc1cc(C(=O)O)ccc1-c1ccc(C(=O)O)cc1COCC#C. The molecule has 0 heterocycles. The van der Waals surface area contributed by atoms with Crippen molar-refractivity contribution in [2.45, 2.75) is 13.2 Å². The zero-order valence-corrected chi connectivity index (χ0v) is 15.0. The van der Waals surface area contributed by atoms with E-state index < -0.39 is 11.9 Å². The fourth-order valence-corrected chi connectivity index (χ4v) is 2.66. The first-order valence-corrected chi connectivity index (χ1v) is 8.23. The predicted octanol–water partition coefficient (Wildman–Crippen LogP) is 3.05. The van der Waals surface area contributed by atoms with Gasteiger partial charge in [0.1, 0.15) is 13.2 Å². The highest BCUT2D eigenvalue weighted by molar-refractivity contribution is 5.91. The molecule has 0 amide bonds. The molecule has 0 spiro atoms. The minimum atomic E-state index is -1.07. The molecule has 0 aliphatic carbocycles. The summed E-state index contributed by atoms with van der Waals surface area (Å²) in [5, 5.41) is 18.5. The van der Waals surface area contributed by atoms with E-state index in [9.17, 15) is 19.8 Å². The second kappa shape index (κ2) is 9.94. The summed E-state index contributed by atoms with van der Waals surface area (Å²) >= 11 is 0. The van der Waals surface area contributed by atoms with Gasteiger partial charge in [-0.1, -0.05) is 24.0 Å². The lowest BCUT2D eigenvalue weighted by molar-refractivity contribution is 0.0685. The van der Waals surface area contributed by atoms with Crippen LogP contribution in [-0.2, 0) is 22.7 Å². The third kappa shape index (κ3) is 5.21. The van der Waals surface area contributed by atoms with Gasteiger partial charge in [-0.2, -0.15) is 0 Å². The molecule has 0 atom stereocenters. The molecular formula is C22H18O6. The highest BCUT2D eigenvalue weighted by Gasteiger charge is 2.15. The molecule has 28 heavy (non-hydrogen) atoms. The summed E-state index contributed by atoms with van der Waals surface area (Å²) in [7, 11) is 0. The Morgan fingerprint density at radius 2 is 1.18 bits per heavy atom. The van der Waals surface area contributed by atoms with Gasteiger partial charge < -0.3 is 19.7 Å². The molecule has 2 rings (SSSR count). The number of carboxylic acids is 2. The monoisotopic (exact) mass is 378 g/mol. The van der Waals surface area contributed by atoms with Gasteiger partial charge in [0.25, 0.3) is 0 Å². The van der Waals surface area contributed by atoms with E-state index in [1.54, 1.807) is 12.1 Å². The Bertz CT molecular complexity index is 882. The van der Waals surface area contributed by atoms with Crippen LogP contribution in [0.25, 0.3) is 11.1 Å². The van der Waals surface area contributed by atoms with E-state index in [0.29, 0.717) is 22.3 Å². The molecule has 6 heteroatoms. The van der Waals surface area contributed by atoms with Crippen LogP contribution in [0.5, 0.6) is 0 Å². The topological polar surface area (TPSA) is 93.1 Å². The Kier molecular flexibility index (Phi) is 7.36. The van der Waals surface area contributed by atoms with E-state index in [0.717, 1.165) is 0 Å². The molecule has 0 unspecified atom stereocenters. The molecule has 0 aliphatic heterocycles. The van der Waals surface area contributed by atoms with E-state index in [1.807, 2.05) is 0 Å². The lowest BCUT2D eigenvalue weighted by atomic mass is 9.93. The normalized spacial score (nSPS) is 10.1. The number of hydrogen-bond acceptors (Lipinski definition) is 4. The smallest absolute Gasteiger partial charge is 0.335 e. The highest BCUT2D eigenvalue weighted by atomic mass is 16.5. The number of aromatic carboxylic acids is 2. The first kappa shape index (κ1) is 20.7. The minimum absolute atomic E-state index is 0.0762. The van der Waals surface area contributed by atoms with Crippen LogP contribution in [0.2, 0.25) is 0 Å². The largest absolute Gasteiger partial charge is 0.478 e. The van der Waals surface area contributed by atoms with Crippen LogP contribution in [0.3, 0.4) is 0 Å². The molecule has 2 aromatic rings. The van der Waals surface area contributed by atoms with Crippen molar-refractivity contribution in [1.82, 2.24) is 0 Å². The molecule has 0 bridgehead atoms. The quantitative estimate of drug-likeness (QED) is 0.515. The van der Waals surface area contributed by atoms with Gasteiger partial charge in [0.15, 0.2) is 0 Å². The van der Waals surface area contributed by atoms with Gasteiger partial charge in [0, 0.05) is 0 Å². The second-order valence-corrected chi connectivity index (χ2v) is 5.75. The lowest BCUT2D eigenvalue weighted by Crippen LogP contribution is -2.05. The Morgan fingerprint density at radius 3 is 1.50 bits per heavy atom. The van der Waals surface area contributed by atoms with Crippen molar-refractivity contribution >= 4 is 11.9 Å². The van der Waals surface area contributed by atoms with E-state index in [4.69, 9.17) is 22.3 Å². The summed E-state index contributed by atoms with van der Waals surface area (Å²) in [6.07, 6.45) is 10.4. The highest BCUT2D eigenvalue weighted by Crippen LogP contribution is 2.30. The zero-order valence-electron chi connectivity index (χ0n) is 15.0. The van der Waals surface area contributed by atoms with E-state index >= 15 is 0 Å². The van der Waals surface area contributed by atoms with Gasteiger partial charge >= 0.3 is 11.9 Å². The van der Waals surface area contributed by atoms with Gasteiger partial charge in [-0.05, 0) is 46.5 Å². The number of ether oxygens (including phenoxy) is 2. The minimum Gasteiger partial charge on any atom is -0.478 e. The Balaban J connectivity index is 2.54. The molecule has 0 fully saturated rings. The van der Waals surface area contributed by atoms with Gasteiger partial charge in [0.05, 0.1) is 24.3 Å². The van der Waals surface area contributed by atoms with Crippen LogP contribution >= 0.6 is 0 Å². The van der Waals surface area contributed by atoms with Gasteiger partial charge in [-0.3, -0.25) is 0 Å². The fraction of sp³-hybridized carbons (Fsp3) is 0.182. The van der Waals surface area contributed by atoms with Crippen molar-refractivity contribution in [1.29, 1.82) is 0 Å². The number of carbonyl (C=O) groups is 2. The third-order valence-corrected chi connectivity index (χ3v) is 3.88. The van der Waals surface area contributed by atoms with Crippen LogP contribution in [0.1, 0.15) is 31.8 Å². The Labute approximate surface area is 162 Å². The molecule has 0 saturated carbocycles. The average Bonchev–Trinajstić information content (AvgIpc) is 2.68. The van der Waals surface area contributed by atoms with Crippen LogP contribution in [0.15, 0.2) is 36.4 Å². The van der Waals surface area contributed by atoms with Gasteiger partial charge in [0.2, 0.25) is 0 Å². The Hall–Kier alpha value is -3.58. The molecule has 142 valence electrons. The van der Waals surface area contributed by atoms with Crippen LogP contribution < -0.4 is 0 Å². The summed E-state index contributed by atoms with van der Waals surface area (Å²) in [6, 6.07) is 9.26. The number of carboxylic acid groups (broad SMARTS) is 2. The van der Waals surface area contributed by atoms with Crippen LogP contribution in [-0.4, -0.2) is 35.4 Å². The molecule has 6 nitrogen and oxygen atoms in total. The summed E-state index contributed by atoms with van der Waals surface area (Å²) in [5.74, 6) is 2.58. The molecule has 0 aromatic heterocycles. The number of hydrogen-bond donors (Lipinski definition) is 2. The molecule has 2 aromatic carbocycles. The third-order valence-electron chi connectivity index (χ3n) is 3.88. The standard InChI is InChI=1S/C22H18O6/c1-3-9-27-13-17-11-15(21(23)24)5-7-19(17)20-8-6-16(22(25)26)12-18(20)14-28-10-4-2/h1-2,5-8,11-12H,9-10,13-14H2,(H,23,24)(H,25,26). The molecule has 2 N–H and O–H groups in total. The van der Waals surface area contributed by atoms with Crippen LogP contribution in [0.4, 0.5) is 0 Å². The van der Waals surface area contributed by atoms with Crippen molar-refractivity contribution in [2.24, 2.45) is 0 Å². The summed E-state index contributed by atoms with van der Waals surface area (Å²) in [5.41, 5.74) is 2.81. The molecular weight excluding hydrogens is 360 g/mol. The predicted molar refractivity (Wildman–Crippen MR) is 103 cm³/mol. The van der Waals surface area contributed by atoms with Crippen molar-refractivity contribution in [2.75, 3.05) is 13.2 Å².